The number of benzene rings is 3. The first-order valence-corrected chi connectivity index (χ1v) is 14.8. The summed E-state index contributed by atoms with van der Waals surface area (Å²) in [7, 11) is -4.16. The zero-order valence-electron chi connectivity index (χ0n) is 22.4. The summed E-state index contributed by atoms with van der Waals surface area (Å²) in [6.45, 7) is 6.77. The van der Waals surface area contributed by atoms with Gasteiger partial charge in [-0.15, -0.1) is 0 Å². The predicted octanol–water partition coefficient (Wildman–Crippen LogP) is 5.83. The van der Waals surface area contributed by atoms with Crippen LogP contribution in [0, 0.1) is 6.92 Å². The number of anilines is 1. The highest BCUT2D eigenvalue weighted by Crippen LogP contribution is 2.28. The Morgan fingerprint density at radius 1 is 0.949 bits per heavy atom. The minimum atomic E-state index is -4.16. The van der Waals surface area contributed by atoms with Crippen LogP contribution in [0.15, 0.2) is 77.7 Å². The number of nitrogens with one attached hydrogen (secondary N) is 1. The van der Waals surface area contributed by atoms with Crippen molar-refractivity contribution in [3.63, 3.8) is 0 Å². The Morgan fingerprint density at radius 3 is 2.26 bits per heavy atom. The van der Waals surface area contributed by atoms with Crippen molar-refractivity contribution in [2.45, 2.75) is 57.6 Å². The molecule has 3 aromatic rings. The molecule has 0 aliphatic carbocycles. The van der Waals surface area contributed by atoms with E-state index < -0.39 is 28.5 Å². The molecule has 2 amide bonds. The van der Waals surface area contributed by atoms with E-state index in [2.05, 4.69) is 5.32 Å². The molecule has 7 nitrogen and oxygen atoms in total. The van der Waals surface area contributed by atoms with Crippen LogP contribution >= 0.6 is 23.2 Å². The van der Waals surface area contributed by atoms with E-state index in [1.807, 2.05) is 13.8 Å². The average Bonchev–Trinajstić information content (AvgIpc) is 2.91. The fourth-order valence-corrected chi connectivity index (χ4v) is 5.68. The fourth-order valence-electron chi connectivity index (χ4n) is 3.87. The van der Waals surface area contributed by atoms with Gasteiger partial charge in [0.15, 0.2) is 0 Å². The molecule has 0 saturated heterocycles. The first kappa shape index (κ1) is 30.5. The van der Waals surface area contributed by atoms with Crippen molar-refractivity contribution < 1.29 is 18.0 Å². The van der Waals surface area contributed by atoms with Gasteiger partial charge in [0.25, 0.3) is 10.0 Å². The quantitative estimate of drug-likeness (QED) is 0.305. The van der Waals surface area contributed by atoms with E-state index in [0.29, 0.717) is 15.6 Å². The second-order valence-electron chi connectivity index (χ2n) is 9.40. The van der Waals surface area contributed by atoms with E-state index in [-0.39, 0.29) is 29.1 Å². The van der Waals surface area contributed by atoms with Crippen molar-refractivity contribution in [1.82, 2.24) is 10.2 Å². The van der Waals surface area contributed by atoms with Gasteiger partial charge in [-0.3, -0.25) is 13.9 Å². The van der Waals surface area contributed by atoms with Crippen LogP contribution in [0.3, 0.4) is 0 Å². The molecular weight excluding hydrogens is 557 g/mol. The normalized spacial score (nSPS) is 12.9. The predicted molar refractivity (Wildman–Crippen MR) is 157 cm³/mol. The van der Waals surface area contributed by atoms with Crippen molar-refractivity contribution >= 4 is 50.7 Å². The number of hydrogen-bond donors (Lipinski definition) is 1. The number of nitrogens with zero attached hydrogens (tertiary/aromatic N) is 2. The average molecular weight is 591 g/mol. The van der Waals surface area contributed by atoms with Crippen LogP contribution in [0.2, 0.25) is 10.0 Å². The third-order valence-electron chi connectivity index (χ3n) is 6.46. The summed E-state index contributed by atoms with van der Waals surface area (Å²) in [5.41, 5.74) is 1.71. The molecule has 0 radical (unpaired) electrons. The summed E-state index contributed by atoms with van der Waals surface area (Å²) < 4.78 is 28.6. The SMILES string of the molecule is CC[C@H](C)NC(=O)[C@@H](C)N(Cc1cccc(Cl)c1)C(=O)CN(c1ccc(C)c(Cl)c1)S(=O)(=O)c1ccccc1. The highest BCUT2D eigenvalue weighted by atomic mass is 35.5. The smallest absolute Gasteiger partial charge is 0.264 e. The van der Waals surface area contributed by atoms with E-state index in [9.17, 15) is 18.0 Å². The zero-order chi connectivity index (χ0) is 28.7. The maximum atomic E-state index is 13.9. The Bertz CT molecular complexity index is 1420. The van der Waals surface area contributed by atoms with E-state index in [4.69, 9.17) is 23.2 Å². The molecular formula is C29H33Cl2N3O4S. The summed E-state index contributed by atoms with van der Waals surface area (Å²) in [6, 6.07) is 18.7. The van der Waals surface area contributed by atoms with E-state index in [1.165, 1.54) is 23.1 Å². The minimum absolute atomic E-state index is 0.0263. The van der Waals surface area contributed by atoms with Crippen LogP contribution in [0.1, 0.15) is 38.3 Å². The van der Waals surface area contributed by atoms with Crippen LogP contribution in [0.25, 0.3) is 0 Å². The summed E-state index contributed by atoms with van der Waals surface area (Å²) in [6.07, 6.45) is 0.720. The number of sulfonamides is 1. The molecule has 3 rings (SSSR count). The molecule has 0 unspecified atom stereocenters. The van der Waals surface area contributed by atoms with Gasteiger partial charge in [-0.2, -0.15) is 0 Å². The van der Waals surface area contributed by atoms with Crippen LogP contribution in [-0.2, 0) is 26.2 Å². The third kappa shape index (κ3) is 7.75. The molecule has 39 heavy (non-hydrogen) atoms. The zero-order valence-corrected chi connectivity index (χ0v) is 24.7. The van der Waals surface area contributed by atoms with Crippen LogP contribution in [0.5, 0.6) is 0 Å². The number of hydrogen-bond acceptors (Lipinski definition) is 4. The first-order chi connectivity index (χ1) is 18.4. The summed E-state index contributed by atoms with van der Waals surface area (Å²) in [4.78, 5) is 28.4. The molecule has 208 valence electrons. The molecule has 0 spiro atoms. The van der Waals surface area contributed by atoms with Crippen LogP contribution < -0.4 is 9.62 Å². The van der Waals surface area contributed by atoms with Crippen molar-refractivity contribution in [3.05, 3.63) is 94.0 Å². The van der Waals surface area contributed by atoms with Crippen molar-refractivity contribution in [2.75, 3.05) is 10.8 Å². The molecule has 0 bridgehead atoms. The Morgan fingerprint density at radius 2 is 1.64 bits per heavy atom. The molecule has 10 heteroatoms. The van der Waals surface area contributed by atoms with Gasteiger partial charge < -0.3 is 10.2 Å². The number of halogens is 2. The maximum absolute atomic E-state index is 13.9. The Labute approximate surface area is 240 Å². The lowest BCUT2D eigenvalue weighted by atomic mass is 10.1. The van der Waals surface area contributed by atoms with Crippen LogP contribution in [0.4, 0.5) is 5.69 Å². The second-order valence-corrected chi connectivity index (χ2v) is 12.1. The van der Waals surface area contributed by atoms with E-state index in [1.54, 1.807) is 68.4 Å². The number of carbonyl (C=O) groups excluding carboxylic acids is 2. The highest BCUT2D eigenvalue weighted by molar-refractivity contribution is 7.92. The molecule has 0 saturated carbocycles. The topological polar surface area (TPSA) is 86.8 Å². The lowest BCUT2D eigenvalue weighted by Crippen LogP contribution is -2.52. The maximum Gasteiger partial charge on any atom is 0.264 e. The van der Waals surface area contributed by atoms with Gasteiger partial charge >= 0.3 is 0 Å². The van der Waals surface area contributed by atoms with Gasteiger partial charge in [-0.25, -0.2) is 8.42 Å². The third-order valence-corrected chi connectivity index (χ3v) is 8.89. The molecule has 3 aromatic carbocycles. The monoisotopic (exact) mass is 589 g/mol. The summed E-state index contributed by atoms with van der Waals surface area (Å²) in [5.74, 6) is -0.895. The van der Waals surface area contributed by atoms with Crippen molar-refractivity contribution in [3.8, 4) is 0 Å². The number of carbonyl (C=O) groups is 2. The van der Waals surface area contributed by atoms with Gasteiger partial charge in [0.05, 0.1) is 10.6 Å². The summed E-state index contributed by atoms with van der Waals surface area (Å²) in [5, 5.41) is 3.76. The molecule has 1 N–H and O–H groups in total. The van der Waals surface area contributed by atoms with Crippen molar-refractivity contribution in [1.29, 1.82) is 0 Å². The van der Waals surface area contributed by atoms with Gasteiger partial charge in [0, 0.05) is 22.6 Å². The molecule has 2 atom stereocenters. The minimum Gasteiger partial charge on any atom is -0.352 e. The lowest BCUT2D eigenvalue weighted by Gasteiger charge is -2.32. The van der Waals surface area contributed by atoms with Crippen molar-refractivity contribution in [2.24, 2.45) is 0 Å². The van der Waals surface area contributed by atoms with Gasteiger partial charge in [0.2, 0.25) is 11.8 Å². The van der Waals surface area contributed by atoms with E-state index in [0.717, 1.165) is 16.3 Å². The van der Waals surface area contributed by atoms with E-state index >= 15 is 0 Å². The molecule has 0 fully saturated rings. The fraction of sp³-hybridized carbons (Fsp3) is 0.310. The highest BCUT2D eigenvalue weighted by Gasteiger charge is 2.33. The second kappa shape index (κ2) is 13.3. The first-order valence-electron chi connectivity index (χ1n) is 12.6. The Hall–Kier alpha value is -3.07. The standard InChI is InChI=1S/C29H33Cl2N3O4S/c1-5-21(3)32-29(36)22(4)33(18-23-10-9-11-24(30)16-23)28(35)19-34(25-15-14-20(2)27(31)17-25)39(37,38)26-12-7-6-8-13-26/h6-17,21-22H,5,18-19H2,1-4H3,(H,32,36)/t21-,22+/m0/s1. The molecule has 0 aliphatic heterocycles. The van der Waals surface area contributed by atoms with Crippen LogP contribution in [-0.4, -0.2) is 43.8 Å². The van der Waals surface area contributed by atoms with Gasteiger partial charge in [-0.05, 0) is 74.7 Å². The Balaban J connectivity index is 2.04. The Kier molecular flexibility index (Phi) is 10.4. The largest absolute Gasteiger partial charge is 0.352 e. The molecule has 0 heterocycles. The van der Waals surface area contributed by atoms with Gasteiger partial charge in [-0.1, -0.05) is 66.5 Å². The molecule has 0 aliphatic rings. The number of amides is 2. The number of rotatable bonds is 11. The van der Waals surface area contributed by atoms with Gasteiger partial charge in [0.1, 0.15) is 12.6 Å². The lowest BCUT2D eigenvalue weighted by molar-refractivity contribution is -0.139. The molecule has 0 aromatic heterocycles. The summed E-state index contributed by atoms with van der Waals surface area (Å²) >= 11 is 12.5. The number of aryl methyl sites for hydroxylation is 1.